The van der Waals surface area contributed by atoms with Gasteiger partial charge in [-0.2, -0.15) is 0 Å². The van der Waals surface area contributed by atoms with Crippen molar-refractivity contribution >= 4 is 14.0 Å². The highest BCUT2D eigenvalue weighted by molar-refractivity contribution is 6.73. The largest absolute Gasteiger partial charge is 0.0703 e. The summed E-state index contributed by atoms with van der Waals surface area (Å²) in [5, 5.41) is 1.59. The lowest BCUT2D eigenvalue weighted by molar-refractivity contribution is 1.05. The maximum atomic E-state index is 2.42. The molecule has 0 nitrogen and oxygen atoms in total. The van der Waals surface area contributed by atoms with E-state index in [4.69, 9.17) is 0 Å². The Morgan fingerprint density at radius 2 is 1.64 bits per heavy atom. The van der Waals surface area contributed by atoms with Crippen LogP contribution in [0.4, 0.5) is 0 Å². The van der Waals surface area contributed by atoms with Crippen molar-refractivity contribution in [1.82, 2.24) is 0 Å². The summed E-state index contributed by atoms with van der Waals surface area (Å²) in [6.07, 6.45) is 0. The lowest BCUT2D eigenvalue weighted by Crippen LogP contribution is -2.28. The lowest BCUT2D eigenvalue weighted by atomic mass is 10.4. The first-order valence-corrected chi connectivity index (χ1v) is 6.66. The van der Waals surface area contributed by atoms with Gasteiger partial charge in [0.15, 0.2) is 0 Å². The van der Waals surface area contributed by atoms with Crippen LogP contribution in [0.25, 0.3) is 0 Å². The van der Waals surface area contributed by atoms with Crippen molar-refractivity contribution in [3.63, 3.8) is 0 Å². The molecule has 11 heavy (non-hydrogen) atoms. The maximum Gasteiger partial charge on any atom is 0.0703 e. The summed E-state index contributed by atoms with van der Waals surface area (Å²) < 4.78 is 0. The van der Waals surface area contributed by atoms with Crippen LogP contribution in [-0.2, 0) is 0 Å². The molecule has 1 unspecified atom stereocenters. The van der Waals surface area contributed by atoms with Crippen LogP contribution in [0.5, 0.6) is 0 Å². The van der Waals surface area contributed by atoms with Crippen LogP contribution in [-0.4, -0.2) is 8.80 Å². The molecule has 0 aliphatic heterocycles. The van der Waals surface area contributed by atoms with Crippen LogP contribution in [0.1, 0.15) is 13.8 Å². The van der Waals surface area contributed by atoms with E-state index in [1.165, 1.54) is 0 Å². The summed E-state index contributed by atoms with van der Waals surface area (Å²) in [7, 11) is -0.634. The van der Waals surface area contributed by atoms with E-state index in [1.807, 2.05) is 0 Å². The number of hydrogen-bond donors (Lipinski definition) is 0. The number of benzene rings is 1. The zero-order valence-electron chi connectivity index (χ0n) is 7.54. The van der Waals surface area contributed by atoms with Crippen molar-refractivity contribution in [2.24, 2.45) is 0 Å². The minimum atomic E-state index is -0.634. The van der Waals surface area contributed by atoms with Crippen LogP contribution in [0.2, 0.25) is 12.1 Å². The van der Waals surface area contributed by atoms with Crippen molar-refractivity contribution in [2.75, 3.05) is 0 Å². The van der Waals surface area contributed by atoms with Gasteiger partial charge in [-0.3, -0.25) is 0 Å². The monoisotopic (exact) mass is 164 g/mol. The standard InChI is InChI=1S/C10H16Si/c1-9(2)11(3)10-7-5-4-6-8-10/h4-9,11H,1-3H3. The Hall–Kier alpha value is -0.563. The van der Waals surface area contributed by atoms with Crippen LogP contribution < -0.4 is 5.19 Å². The maximum absolute atomic E-state index is 2.42. The van der Waals surface area contributed by atoms with Crippen molar-refractivity contribution < 1.29 is 0 Å². The van der Waals surface area contributed by atoms with Gasteiger partial charge in [0.05, 0.1) is 8.80 Å². The van der Waals surface area contributed by atoms with Gasteiger partial charge in [-0.25, -0.2) is 0 Å². The fourth-order valence-corrected chi connectivity index (χ4v) is 2.74. The molecule has 0 fully saturated rings. The van der Waals surface area contributed by atoms with Crippen LogP contribution in [0, 0.1) is 0 Å². The van der Waals surface area contributed by atoms with E-state index in [0.717, 1.165) is 5.54 Å². The summed E-state index contributed by atoms with van der Waals surface area (Å²) in [5.41, 5.74) is 0.873. The van der Waals surface area contributed by atoms with Gasteiger partial charge in [-0.05, 0) is 5.54 Å². The Balaban J connectivity index is 2.77. The Bertz CT molecular complexity index is 203. The highest BCUT2D eigenvalue weighted by Crippen LogP contribution is 2.06. The highest BCUT2D eigenvalue weighted by Gasteiger charge is 2.09. The first kappa shape index (κ1) is 8.53. The minimum Gasteiger partial charge on any atom is -0.0678 e. The number of hydrogen-bond acceptors (Lipinski definition) is 0. The zero-order valence-corrected chi connectivity index (χ0v) is 8.70. The molecule has 60 valence electrons. The summed E-state index contributed by atoms with van der Waals surface area (Å²) in [4.78, 5) is 0. The van der Waals surface area contributed by atoms with Gasteiger partial charge >= 0.3 is 0 Å². The second-order valence-electron chi connectivity index (χ2n) is 3.44. The van der Waals surface area contributed by atoms with Crippen LogP contribution in [0.15, 0.2) is 30.3 Å². The molecule has 1 heteroatoms. The Labute approximate surface area is 70.9 Å². The molecule has 0 spiro atoms. The van der Waals surface area contributed by atoms with E-state index in [9.17, 15) is 0 Å². The summed E-state index contributed by atoms with van der Waals surface area (Å²) in [5.74, 6) is 0. The predicted molar refractivity (Wildman–Crippen MR) is 54.2 cm³/mol. The van der Waals surface area contributed by atoms with E-state index in [0.29, 0.717) is 0 Å². The molecule has 0 aliphatic rings. The van der Waals surface area contributed by atoms with Gasteiger partial charge in [-0.15, -0.1) is 0 Å². The van der Waals surface area contributed by atoms with E-state index in [2.05, 4.69) is 50.7 Å². The third-order valence-electron chi connectivity index (χ3n) is 2.33. The second kappa shape index (κ2) is 3.72. The SMILES string of the molecule is CC(C)[SiH](C)c1ccccc1. The van der Waals surface area contributed by atoms with Gasteiger partial charge in [0.25, 0.3) is 0 Å². The van der Waals surface area contributed by atoms with Gasteiger partial charge in [-0.1, -0.05) is 55.9 Å². The Kier molecular flexibility index (Phi) is 2.89. The molecule has 0 saturated carbocycles. The highest BCUT2D eigenvalue weighted by atomic mass is 28.3. The molecule has 0 saturated heterocycles. The van der Waals surface area contributed by atoms with Gasteiger partial charge in [0.1, 0.15) is 0 Å². The van der Waals surface area contributed by atoms with E-state index in [-0.39, 0.29) is 0 Å². The topological polar surface area (TPSA) is 0 Å². The molecule has 0 amide bonds. The first-order valence-electron chi connectivity index (χ1n) is 4.26. The van der Waals surface area contributed by atoms with Crippen molar-refractivity contribution in [3.05, 3.63) is 30.3 Å². The Morgan fingerprint density at radius 3 is 2.09 bits per heavy atom. The fraction of sp³-hybridized carbons (Fsp3) is 0.400. The normalized spacial score (nSPS) is 13.5. The van der Waals surface area contributed by atoms with Crippen molar-refractivity contribution in [2.45, 2.75) is 25.9 Å². The van der Waals surface area contributed by atoms with Gasteiger partial charge in [0.2, 0.25) is 0 Å². The fourth-order valence-electron chi connectivity index (χ4n) is 1.14. The summed E-state index contributed by atoms with van der Waals surface area (Å²) >= 11 is 0. The molecule has 1 aromatic rings. The predicted octanol–water partition coefficient (Wildman–Crippen LogP) is 2.16. The molecule has 0 bridgehead atoms. The molecule has 1 rings (SSSR count). The quantitative estimate of drug-likeness (QED) is 0.588. The van der Waals surface area contributed by atoms with E-state index in [1.54, 1.807) is 5.19 Å². The molecule has 0 N–H and O–H groups in total. The molecular weight excluding hydrogens is 148 g/mol. The van der Waals surface area contributed by atoms with Crippen molar-refractivity contribution in [1.29, 1.82) is 0 Å². The zero-order chi connectivity index (χ0) is 8.27. The molecular formula is C10H16Si. The second-order valence-corrected chi connectivity index (χ2v) is 7.02. The lowest BCUT2D eigenvalue weighted by Gasteiger charge is -2.13. The first-order chi connectivity index (χ1) is 5.22. The smallest absolute Gasteiger partial charge is 0.0678 e. The van der Waals surface area contributed by atoms with Crippen LogP contribution >= 0.6 is 0 Å². The molecule has 0 heterocycles. The van der Waals surface area contributed by atoms with E-state index >= 15 is 0 Å². The van der Waals surface area contributed by atoms with Crippen molar-refractivity contribution in [3.8, 4) is 0 Å². The average Bonchev–Trinajstić information content (AvgIpc) is 2.05. The summed E-state index contributed by atoms with van der Waals surface area (Å²) in [6.45, 7) is 7.06. The molecule has 0 aliphatic carbocycles. The molecule has 1 aromatic carbocycles. The van der Waals surface area contributed by atoms with Gasteiger partial charge < -0.3 is 0 Å². The van der Waals surface area contributed by atoms with E-state index < -0.39 is 8.80 Å². The third-order valence-corrected chi connectivity index (χ3v) is 5.76. The Morgan fingerprint density at radius 1 is 1.09 bits per heavy atom. The molecule has 0 radical (unpaired) electrons. The molecule has 1 atom stereocenters. The average molecular weight is 164 g/mol. The number of rotatable bonds is 2. The third kappa shape index (κ3) is 2.19. The minimum absolute atomic E-state index is 0.634. The summed E-state index contributed by atoms with van der Waals surface area (Å²) in [6, 6.07) is 10.9. The van der Waals surface area contributed by atoms with Gasteiger partial charge in [0, 0.05) is 0 Å². The van der Waals surface area contributed by atoms with Crippen LogP contribution in [0.3, 0.4) is 0 Å². The molecule has 0 aromatic heterocycles.